The summed E-state index contributed by atoms with van der Waals surface area (Å²) >= 11 is 0. The zero-order valence-corrected chi connectivity index (χ0v) is 19.1. The van der Waals surface area contributed by atoms with E-state index in [2.05, 4.69) is 23.5 Å². The van der Waals surface area contributed by atoms with Gasteiger partial charge in [-0.25, -0.2) is 0 Å². The van der Waals surface area contributed by atoms with Crippen molar-refractivity contribution in [2.45, 2.75) is 52.4 Å². The first-order chi connectivity index (χ1) is 15.3. The fourth-order valence-corrected chi connectivity index (χ4v) is 4.50. The van der Waals surface area contributed by atoms with Gasteiger partial charge in [-0.2, -0.15) is 8.78 Å². The van der Waals surface area contributed by atoms with Crippen LogP contribution in [0, 0.1) is 5.92 Å². The molecule has 6 nitrogen and oxygen atoms in total. The van der Waals surface area contributed by atoms with Crippen molar-refractivity contribution in [2.24, 2.45) is 5.92 Å². The number of likely N-dealkylation sites (tertiary alicyclic amines) is 1. The summed E-state index contributed by atoms with van der Waals surface area (Å²) in [5, 5.41) is 0. The third-order valence-corrected chi connectivity index (χ3v) is 5.84. The Kier molecular flexibility index (Phi) is 8.87. The highest BCUT2D eigenvalue weighted by molar-refractivity contribution is 5.91. The highest BCUT2D eigenvalue weighted by Gasteiger charge is 2.27. The molecule has 2 aliphatic rings. The molecule has 0 saturated carbocycles. The number of benzene rings is 1. The Bertz CT molecular complexity index is 771. The lowest BCUT2D eigenvalue weighted by Gasteiger charge is -2.39. The highest BCUT2D eigenvalue weighted by Crippen LogP contribution is 2.30. The summed E-state index contributed by atoms with van der Waals surface area (Å²) in [6.45, 7) is 7.89. The lowest BCUT2D eigenvalue weighted by atomic mass is 9.95. The van der Waals surface area contributed by atoms with Crippen LogP contribution in [0.5, 0.6) is 11.5 Å². The van der Waals surface area contributed by atoms with Crippen LogP contribution in [-0.4, -0.2) is 73.9 Å². The van der Waals surface area contributed by atoms with Gasteiger partial charge in [0, 0.05) is 38.8 Å². The maximum Gasteiger partial charge on any atom is 0.387 e. The second-order valence-corrected chi connectivity index (χ2v) is 8.60. The predicted octanol–water partition coefficient (Wildman–Crippen LogP) is 4.05. The number of piperidine rings is 1. The first kappa shape index (κ1) is 24.5. The van der Waals surface area contributed by atoms with Crippen LogP contribution in [0.25, 0.3) is 6.08 Å². The van der Waals surface area contributed by atoms with Crippen LogP contribution in [0.1, 0.15) is 39.2 Å². The number of hydrogen-bond donors (Lipinski definition) is 0. The molecule has 0 spiro atoms. The minimum Gasteiger partial charge on any atom is -0.490 e. The summed E-state index contributed by atoms with van der Waals surface area (Å²) in [4.78, 5) is 17.0. The maximum atomic E-state index is 12.6. The molecule has 8 heteroatoms. The Morgan fingerprint density at radius 1 is 1.19 bits per heavy atom. The van der Waals surface area contributed by atoms with Crippen LogP contribution in [0.15, 0.2) is 24.3 Å². The minimum atomic E-state index is -2.92. The molecule has 178 valence electrons. The van der Waals surface area contributed by atoms with Crippen molar-refractivity contribution in [1.82, 2.24) is 9.80 Å². The molecule has 2 aliphatic heterocycles. The maximum absolute atomic E-state index is 12.6. The van der Waals surface area contributed by atoms with Crippen LogP contribution < -0.4 is 9.47 Å². The van der Waals surface area contributed by atoms with Gasteiger partial charge in [0.1, 0.15) is 0 Å². The summed E-state index contributed by atoms with van der Waals surface area (Å²) in [6, 6.07) is 4.66. The summed E-state index contributed by atoms with van der Waals surface area (Å²) in [5.41, 5.74) is 0.689. The molecule has 3 rings (SSSR count). The molecule has 0 radical (unpaired) electrons. The molecule has 0 bridgehead atoms. The van der Waals surface area contributed by atoms with E-state index < -0.39 is 6.61 Å². The first-order valence-corrected chi connectivity index (χ1v) is 11.4. The standard InChI is InChI=1S/C24H34F2N2O4/c1-4-30-22-13-19(5-7-21(22)32-24(25)26)6-8-23(29)28-11-9-20(10-12-28)16-27-14-17(2)31-18(3)15-27/h5-8,13,17-18,20,24H,4,9-12,14-16H2,1-3H3/b8-6+. The van der Waals surface area contributed by atoms with Crippen LogP contribution in [0.4, 0.5) is 8.78 Å². The zero-order valence-electron chi connectivity index (χ0n) is 19.1. The average Bonchev–Trinajstić information content (AvgIpc) is 2.73. The van der Waals surface area contributed by atoms with Gasteiger partial charge in [0.15, 0.2) is 11.5 Å². The predicted molar refractivity (Wildman–Crippen MR) is 119 cm³/mol. The Labute approximate surface area is 189 Å². The Morgan fingerprint density at radius 3 is 2.50 bits per heavy atom. The molecule has 2 atom stereocenters. The van der Waals surface area contributed by atoms with Crippen molar-refractivity contribution in [3.63, 3.8) is 0 Å². The fraction of sp³-hybridized carbons (Fsp3) is 0.625. The van der Waals surface area contributed by atoms with E-state index in [0.717, 1.165) is 45.6 Å². The Balaban J connectivity index is 1.50. The van der Waals surface area contributed by atoms with Gasteiger partial charge in [-0.05, 0) is 63.3 Å². The van der Waals surface area contributed by atoms with Crippen molar-refractivity contribution in [3.8, 4) is 11.5 Å². The van der Waals surface area contributed by atoms with E-state index in [4.69, 9.17) is 9.47 Å². The van der Waals surface area contributed by atoms with Gasteiger partial charge in [0.25, 0.3) is 0 Å². The van der Waals surface area contributed by atoms with E-state index in [9.17, 15) is 13.6 Å². The molecule has 0 N–H and O–H groups in total. The second kappa shape index (κ2) is 11.6. The van der Waals surface area contributed by atoms with Crippen molar-refractivity contribution >= 4 is 12.0 Å². The lowest BCUT2D eigenvalue weighted by Crippen LogP contribution is -2.48. The smallest absolute Gasteiger partial charge is 0.387 e. The van der Waals surface area contributed by atoms with Gasteiger partial charge in [-0.3, -0.25) is 9.69 Å². The monoisotopic (exact) mass is 452 g/mol. The molecule has 0 aromatic heterocycles. The number of halogens is 2. The number of carbonyl (C=O) groups excluding carboxylic acids is 1. The van der Waals surface area contributed by atoms with Crippen molar-refractivity contribution in [1.29, 1.82) is 0 Å². The number of rotatable bonds is 8. The van der Waals surface area contributed by atoms with Crippen molar-refractivity contribution in [3.05, 3.63) is 29.8 Å². The van der Waals surface area contributed by atoms with E-state index in [-0.39, 0.29) is 29.6 Å². The minimum absolute atomic E-state index is 0.0172. The van der Waals surface area contributed by atoms with E-state index in [1.165, 1.54) is 12.1 Å². The SMILES string of the molecule is CCOc1cc(/C=C/C(=O)N2CCC(CN3CC(C)OC(C)C3)CC2)ccc1OC(F)F. The number of nitrogens with zero attached hydrogens (tertiary/aromatic N) is 2. The fourth-order valence-electron chi connectivity index (χ4n) is 4.50. The van der Waals surface area contributed by atoms with Crippen LogP contribution in [0.2, 0.25) is 0 Å². The topological polar surface area (TPSA) is 51.2 Å². The van der Waals surface area contributed by atoms with E-state index in [1.54, 1.807) is 25.1 Å². The second-order valence-electron chi connectivity index (χ2n) is 8.60. The van der Waals surface area contributed by atoms with Crippen molar-refractivity contribution < 1.29 is 27.8 Å². The number of alkyl halides is 2. The van der Waals surface area contributed by atoms with Gasteiger partial charge in [-0.1, -0.05) is 6.07 Å². The number of hydrogen-bond acceptors (Lipinski definition) is 5. The lowest BCUT2D eigenvalue weighted by molar-refractivity contribution is -0.127. The van der Waals surface area contributed by atoms with Crippen LogP contribution >= 0.6 is 0 Å². The molecule has 1 aromatic carbocycles. The molecular weight excluding hydrogens is 418 g/mol. The van der Waals surface area contributed by atoms with E-state index in [0.29, 0.717) is 18.1 Å². The van der Waals surface area contributed by atoms with Gasteiger partial charge in [0.2, 0.25) is 5.91 Å². The number of morpholine rings is 1. The number of carbonyl (C=O) groups is 1. The molecular formula is C24H34F2N2O4. The molecule has 2 heterocycles. The molecule has 2 fully saturated rings. The van der Waals surface area contributed by atoms with Crippen molar-refractivity contribution in [2.75, 3.05) is 39.3 Å². The summed E-state index contributed by atoms with van der Waals surface area (Å²) in [6.07, 6.45) is 5.74. The summed E-state index contributed by atoms with van der Waals surface area (Å²) in [5.74, 6) is 0.769. The average molecular weight is 453 g/mol. The quantitative estimate of drug-likeness (QED) is 0.557. The van der Waals surface area contributed by atoms with Gasteiger partial charge >= 0.3 is 6.61 Å². The summed E-state index contributed by atoms with van der Waals surface area (Å²) in [7, 11) is 0. The molecule has 1 aromatic rings. The van der Waals surface area contributed by atoms with Crippen LogP contribution in [-0.2, 0) is 9.53 Å². The van der Waals surface area contributed by atoms with E-state index in [1.807, 2.05) is 4.90 Å². The molecule has 1 amide bonds. The van der Waals surface area contributed by atoms with Crippen LogP contribution in [0.3, 0.4) is 0 Å². The molecule has 0 aliphatic carbocycles. The molecule has 32 heavy (non-hydrogen) atoms. The largest absolute Gasteiger partial charge is 0.490 e. The number of amides is 1. The highest BCUT2D eigenvalue weighted by atomic mass is 19.3. The van der Waals surface area contributed by atoms with Gasteiger partial charge < -0.3 is 19.1 Å². The number of ether oxygens (including phenoxy) is 3. The Morgan fingerprint density at radius 2 is 1.88 bits per heavy atom. The van der Waals surface area contributed by atoms with E-state index >= 15 is 0 Å². The first-order valence-electron chi connectivity index (χ1n) is 11.4. The zero-order chi connectivity index (χ0) is 23.1. The normalized spacial score (nSPS) is 23.1. The summed E-state index contributed by atoms with van der Waals surface area (Å²) < 4.78 is 40.8. The van der Waals surface area contributed by atoms with Gasteiger partial charge in [0.05, 0.1) is 18.8 Å². The Hall–Kier alpha value is -2.19. The third-order valence-electron chi connectivity index (χ3n) is 5.84. The molecule has 2 unspecified atom stereocenters. The third kappa shape index (κ3) is 7.17. The molecule has 2 saturated heterocycles. The van der Waals surface area contributed by atoms with Gasteiger partial charge in [-0.15, -0.1) is 0 Å².